The zero-order valence-electron chi connectivity index (χ0n) is 19.6. The lowest BCUT2D eigenvalue weighted by atomic mass is 10.2. The van der Waals surface area contributed by atoms with Gasteiger partial charge in [0.2, 0.25) is 11.8 Å². The number of aryl methyl sites for hydroxylation is 1. The fourth-order valence-electron chi connectivity index (χ4n) is 3.51. The molecule has 1 aromatic heterocycles. The van der Waals surface area contributed by atoms with Gasteiger partial charge in [-0.05, 0) is 42.7 Å². The van der Waals surface area contributed by atoms with Crippen molar-refractivity contribution in [2.24, 2.45) is 5.92 Å². The van der Waals surface area contributed by atoms with Crippen LogP contribution in [0.25, 0.3) is 0 Å². The molecule has 0 bridgehead atoms. The molecule has 0 radical (unpaired) electrons. The Morgan fingerprint density at radius 3 is 2.12 bits per heavy atom. The second kappa shape index (κ2) is 12.6. The molecule has 4 nitrogen and oxygen atoms in total. The number of thiophene rings is 1. The van der Waals surface area contributed by atoms with Crippen molar-refractivity contribution in [3.8, 4) is 0 Å². The van der Waals surface area contributed by atoms with Crippen molar-refractivity contribution in [1.82, 2.24) is 9.80 Å². The first-order valence-corrected chi connectivity index (χ1v) is 13.0. The molecule has 0 saturated carbocycles. The molecule has 0 N–H and O–H groups in total. The zero-order chi connectivity index (χ0) is 23.6. The van der Waals surface area contributed by atoms with Gasteiger partial charge >= 0.3 is 0 Å². The highest BCUT2D eigenvalue weighted by Gasteiger charge is 2.23. The number of amides is 2. The predicted octanol–water partition coefficient (Wildman–Crippen LogP) is 5.86. The van der Waals surface area contributed by atoms with Crippen LogP contribution in [0.1, 0.15) is 29.2 Å². The maximum atomic E-state index is 13.5. The highest BCUT2D eigenvalue weighted by atomic mass is 32.2. The van der Waals surface area contributed by atoms with Crippen molar-refractivity contribution in [3.05, 3.63) is 88.1 Å². The summed E-state index contributed by atoms with van der Waals surface area (Å²) in [4.78, 5) is 33.6. The summed E-state index contributed by atoms with van der Waals surface area (Å²) in [6.45, 7) is 7.97. The molecule has 0 spiro atoms. The molecular weight excluding hydrogens is 448 g/mol. The lowest BCUT2D eigenvalue weighted by Crippen LogP contribution is -2.44. The van der Waals surface area contributed by atoms with Crippen LogP contribution < -0.4 is 0 Å². The van der Waals surface area contributed by atoms with E-state index >= 15 is 0 Å². The van der Waals surface area contributed by atoms with Gasteiger partial charge in [0.1, 0.15) is 0 Å². The third kappa shape index (κ3) is 8.37. The molecule has 1 heterocycles. The Hall–Kier alpha value is -2.57. The first-order valence-electron chi connectivity index (χ1n) is 11.2. The number of rotatable bonds is 11. The molecule has 0 fully saturated rings. The highest BCUT2D eigenvalue weighted by molar-refractivity contribution is 8.00. The van der Waals surface area contributed by atoms with E-state index in [0.717, 1.165) is 15.3 Å². The zero-order valence-corrected chi connectivity index (χ0v) is 21.2. The fraction of sp³-hybridized carbons (Fsp3) is 0.333. The van der Waals surface area contributed by atoms with Crippen LogP contribution in [-0.4, -0.2) is 40.5 Å². The standard InChI is InChI=1S/C27H32N2O2S2/c1-21(2)16-28(27(31)20-32-24-12-8-5-9-13-24)19-26(30)29(17-23-10-6-4-7-11-23)18-25-15-14-22(3)33-25/h4-15,21H,16-20H2,1-3H3. The Labute approximate surface area is 205 Å². The van der Waals surface area contributed by atoms with E-state index in [2.05, 4.69) is 32.9 Å². The SMILES string of the molecule is Cc1ccc(CN(Cc2ccccc2)C(=O)CN(CC(C)C)C(=O)CSc2ccccc2)s1. The van der Waals surface area contributed by atoms with Crippen LogP contribution in [0.2, 0.25) is 0 Å². The van der Waals surface area contributed by atoms with E-state index in [1.165, 1.54) is 16.6 Å². The van der Waals surface area contributed by atoms with Gasteiger partial charge in [-0.3, -0.25) is 9.59 Å². The largest absolute Gasteiger partial charge is 0.332 e. The molecule has 0 unspecified atom stereocenters. The summed E-state index contributed by atoms with van der Waals surface area (Å²) in [6.07, 6.45) is 0. The van der Waals surface area contributed by atoms with E-state index in [4.69, 9.17) is 0 Å². The van der Waals surface area contributed by atoms with Crippen LogP contribution in [0.4, 0.5) is 0 Å². The van der Waals surface area contributed by atoms with E-state index in [9.17, 15) is 9.59 Å². The number of hydrogen-bond donors (Lipinski definition) is 0. The van der Waals surface area contributed by atoms with E-state index in [1.807, 2.05) is 65.6 Å². The van der Waals surface area contributed by atoms with Crippen molar-refractivity contribution in [2.45, 2.75) is 38.8 Å². The molecule has 6 heteroatoms. The topological polar surface area (TPSA) is 40.6 Å². The normalized spacial score (nSPS) is 10.9. The molecule has 0 aliphatic rings. The molecule has 2 amide bonds. The van der Waals surface area contributed by atoms with Crippen molar-refractivity contribution in [1.29, 1.82) is 0 Å². The molecule has 2 aromatic carbocycles. The average molecular weight is 481 g/mol. The third-order valence-electron chi connectivity index (χ3n) is 5.08. The van der Waals surface area contributed by atoms with Gasteiger partial charge in [-0.15, -0.1) is 23.1 Å². The number of thioether (sulfide) groups is 1. The summed E-state index contributed by atoms with van der Waals surface area (Å²) < 4.78 is 0. The van der Waals surface area contributed by atoms with Gasteiger partial charge in [-0.2, -0.15) is 0 Å². The maximum absolute atomic E-state index is 13.5. The minimum absolute atomic E-state index is 0.00228. The van der Waals surface area contributed by atoms with Gasteiger partial charge in [0.15, 0.2) is 0 Å². The second-order valence-electron chi connectivity index (χ2n) is 8.52. The van der Waals surface area contributed by atoms with E-state index in [0.29, 0.717) is 25.4 Å². The average Bonchev–Trinajstić information content (AvgIpc) is 3.22. The van der Waals surface area contributed by atoms with Crippen LogP contribution in [0, 0.1) is 12.8 Å². The number of benzene rings is 2. The number of nitrogens with zero attached hydrogens (tertiary/aromatic N) is 2. The second-order valence-corrected chi connectivity index (χ2v) is 10.9. The van der Waals surface area contributed by atoms with E-state index in [-0.39, 0.29) is 24.3 Å². The minimum Gasteiger partial charge on any atom is -0.332 e. The molecular formula is C27H32N2O2S2. The summed E-state index contributed by atoms with van der Waals surface area (Å²) in [7, 11) is 0. The molecule has 174 valence electrons. The molecule has 0 aliphatic carbocycles. The number of carbonyl (C=O) groups is 2. The van der Waals surface area contributed by atoms with Crippen LogP contribution in [-0.2, 0) is 22.7 Å². The van der Waals surface area contributed by atoms with Crippen LogP contribution in [0.15, 0.2) is 77.7 Å². The molecule has 0 aliphatic heterocycles. The van der Waals surface area contributed by atoms with Crippen LogP contribution >= 0.6 is 23.1 Å². The van der Waals surface area contributed by atoms with Crippen LogP contribution in [0.5, 0.6) is 0 Å². The minimum atomic E-state index is -0.0244. The quantitative estimate of drug-likeness (QED) is 0.323. The van der Waals surface area contributed by atoms with E-state index in [1.54, 1.807) is 16.2 Å². The summed E-state index contributed by atoms with van der Waals surface area (Å²) in [6, 6.07) is 24.1. The van der Waals surface area contributed by atoms with E-state index < -0.39 is 0 Å². The predicted molar refractivity (Wildman–Crippen MR) is 138 cm³/mol. The molecule has 0 saturated heterocycles. The van der Waals surface area contributed by atoms with Gasteiger partial charge in [-0.1, -0.05) is 62.4 Å². The third-order valence-corrected chi connectivity index (χ3v) is 7.06. The van der Waals surface area contributed by atoms with Crippen molar-refractivity contribution in [3.63, 3.8) is 0 Å². The Morgan fingerprint density at radius 1 is 0.848 bits per heavy atom. The summed E-state index contributed by atoms with van der Waals surface area (Å²) >= 11 is 3.22. The van der Waals surface area contributed by atoms with Gasteiger partial charge in [0, 0.05) is 27.7 Å². The lowest BCUT2D eigenvalue weighted by Gasteiger charge is -2.28. The summed E-state index contributed by atoms with van der Waals surface area (Å²) in [5, 5.41) is 0. The molecule has 3 aromatic rings. The molecule has 33 heavy (non-hydrogen) atoms. The Morgan fingerprint density at radius 2 is 1.52 bits per heavy atom. The summed E-state index contributed by atoms with van der Waals surface area (Å²) in [5.74, 6) is 0.583. The van der Waals surface area contributed by atoms with Gasteiger partial charge < -0.3 is 9.80 Å². The van der Waals surface area contributed by atoms with Gasteiger partial charge in [0.25, 0.3) is 0 Å². The Kier molecular flexibility index (Phi) is 9.58. The van der Waals surface area contributed by atoms with Crippen LogP contribution in [0.3, 0.4) is 0 Å². The summed E-state index contributed by atoms with van der Waals surface area (Å²) in [5.41, 5.74) is 1.08. The Balaban J connectivity index is 1.71. The van der Waals surface area contributed by atoms with Crippen molar-refractivity contribution in [2.75, 3.05) is 18.8 Å². The highest BCUT2D eigenvalue weighted by Crippen LogP contribution is 2.20. The van der Waals surface area contributed by atoms with Crippen molar-refractivity contribution < 1.29 is 9.59 Å². The number of hydrogen-bond acceptors (Lipinski definition) is 4. The molecule has 0 atom stereocenters. The lowest BCUT2D eigenvalue weighted by molar-refractivity contribution is -0.140. The monoisotopic (exact) mass is 480 g/mol. The Bertz CT molecular complexity index is 1020. The van der Waals surface area contributed by atoms with Gasteiger partial charge in [-0.25, -0.2) is 0 Å². The number of carbonyl (C=O) groups excluding carboxylic acids is 2. The first kappa shape index (κ1) is 25.1. The smallest absolute Gasteiger partial charge is 0.242 e. The maximum Gasteiger partial charge on any atom is 0.242 e. The van der Waals surface area contributed by atoms with Gasteiger partial charge in [0.05, 0.1) is 18.8 Å². The first-order chi connectivity index (χ1) is 15.9. The van der Waals surface area contributed by atoms with Crippen molar-refractivity contribution >= 4 is 34.9 Å². The fourth-order valence-corrected chi connectivity index (χ4v) is 5.23. The molecule has 3 rings (SSSR count).